The molecule has 5 nitrogen and oxygen atoms in total. The van der Waals surface area contributed by atoms with Gasteiger partial charge >= 0.3 is 0 Å². The van der Waals surface area contributed by atoms with E-state index in [-0.39, 0.29) is 24.4 Å². The molecule has 0 atom stereocenters. The number of rotatable bonds is 7. The zero-order valence-corrected chi connectivity index (χ0v) is 14.4. The lowest BCUT2D eigenvalue weighted by atomic mass is 10.1. The van der Waals surface area contributed by atoms with Gasteiger partial charge in [-0.3, -0.25) is 4.79 Å². The minimum absolute atomic E-state index is 0.0977. The molecule has 1 amide bonds. The molecule has 2 aromatic carbocycles. The molecule has 0 saturated heterocycles. The van der Waals surface area contributed by atoms with Crippen LogP contribution in [0.5, 0.6) is 0 Å². The molecule has 0 spiro atoms. The third-order valence-electron chi connectivity index (χ3n) is 3.48. The van der Waals surface area contributed by atoms with E-state index in [1.54, 1.807) is 18.2 Å². The topological polar surface area (TPSA) is 66.5 Å². The van der Waals surface area contributed by atoms with E-state index in [0.717, 1.165) is 10.4 Å². The van der Waals surface area contributed by atoms with Crippen molar-refractivity contribution in [3.8, 4) is 0 Å². The molecular formula is C17H18F2N2O3S. The highest BCUT2D eigenvalue weighted by atomic mass is 32.2. The van der Waals surface area contributed by atoms with E-state index < -0.39 is 27.6 Å². The van der Waals surface area contributed by atoms with Crippen LogP contribution >= 0.6 is 0 Å². The van der Waals surface area contributed by atoms with E-state index >= 15 is 0 Å². The lowest BCUT2D eigenvalue weighted by Crippen LogP contribution is -2.39. The van der Waals surface area contributed by atoms with E-state index in [9.17, 15) is 22.0 Å². The normalized spacial score (nSPS) is 11.5. The summed E-state index contributed by atoms with van der Waals surface area (Å²) in [5, 5.41) is 2.53. The Hall–Kier alpha value is -2.32. The van der Waals surface area contributed by atoms with Crippen molar-refractivity contribution >= 4 is 15.9 Å². The fourth-order valence-electron chi connectivity index (χ4n) is 2.22. The number of nitrogens with zero attached hydrogens (tertiary/aromatic N) is 1. The number of amides is 1. The van der Waals surface area contributed by atoms with Crippen LogP contribution in [0.25, 0.3) is 0 Å². The Balaban J connectivity index is 1.87. The number of hydrogen-bond donors (Lipinski definition) is 1. The molecule has 25 heavy (non-hydrogen) atoms. The highest BCUT2D eigenvalue weighted by Crippen LogP contribution is 2.13. The van der Waals surface area contributed by atoms with Crippen molar-refractivity contribution in [2.24, 2.45) is 0 Å². The number of likely N-dealkylation sites (N-methyl/N-ethyl adjacent to an activating group) is 1. The zero-order valence-electron chi connectivity index (χ0n) is 13.6. The summed E-state index contributed by atoms with van der Waals surface area (Å²) in [4.78, 5) is 12.0. The van der Waals surface area contributed by atoms with Crippen molar-refractivity contribution in [1.29, 1.82) is 0 Å². The van der Waals surface area contributed by atoms with Crippen molar-refractivity contribution in [3.05, 3.63) is 65.7 Å². The summed E-state index contributed by atoms with van der Waals surface area (Å²) in [7, 11) is -2.44. The third-order valence-corrected chi connectivity index (χ3v) is 5.29. The Labute approximate surface area is 145 Å². The molecule has 0 aliphatic rings. The molecule has 1 N–H and O–H groups in total. The number of nitrogens with one attached hydrogen (secondary N) is 1. The molecule has 134 valence electrons. The van der Waals surface area contributed by atoms with Gasteiger partial charge in [0.15, 0.2) is 0 Å². The quantitative estimate of drug-likeness (QED) is 0.812. The van der Waals surface area contributed by atoms with Crippen LogP contribution in [0.4, 0.5) is 8.78 Å². The van der Waals surface area contributed by atoms with E-state index in [0.29, 0.717) is 5.56 Å². The molecule has 0 aromatic heterocycles. The predicted octanol–water partition coefficient (Wildman–Crippen LogP) is 1.94. The van der Waals surface area contributed by atoms with Crippen molar-refractivity contribution in [2.45, 2.75) is 11.3 Å². The average Bonchev–Trinajstić information content (AvgIpc) is 2.54. The second kappa shape index (κ2) is 8.17. The van der Waals surface area contributed by atoms with Gasteiger partial charge in [-0.1, -0.05) is 18.2 Å². The van der Waals surface area contributed by atoms with Crippen LogP contribution < -0.4 is 5.32 Å². The van der Waals surface area contributed by atoms with Gasteiger partial charge in [0.2, 0.25) is 15.9 Å². The summed E-state index contributed by atoms with van der Waals surface area (Å²) in [5.74, 6) is -1.87. The molecule has 2 rings (SSSR count). The Morgan fingerprint density at radius 2 is 1.68 bits per heavy atom. The minimum atomic E-state index is -3.75. The first-order chi connectivity index (χ1) is 11.8. The van der Waals surface area contributed by atoms with Gasteiger partial charge in [0.1, 0.15) is 11.6 Å². The Kier molecular flexibility index (Phi) is 6.22. The van der Waals surface area contributed by atoms with Crippen molar-refractivity contribution in [2.75, 3.05) is 20.1 Å². The highest BCUT2D eigenvalue weighted by molar-refractivity contribution is 7.89. The van der Waals surface area contributed by atoms with Gasteiger partial charge in [0.05, 0.1) is 11.4 Å². The molecule has 0 aliphatic carbocycles. The minimum Gasteiger partial charge on any atom is -0.355 e. The third kappa shape index (κ3) is 5.33. The Bertz CT molecular complexity index is 822. The summed E-state index contributed by atoms with van der Waals surface area (Å²) in [6.45, 7) is -0.213. The Morgan fingerprint density at radius 3 is 2.28 bits per heavy atom. The fraction of sp³-hybridized carbons (Fsp3) is 0.235. The number of carbonyl (C=O) groups is 1. The first kappa shape index (κ1) is 19.0. The Morgan fingerprint density at radius 1 is 1.08 bits per heavy atom. The van der Waals surface area contributed by atoms with Crippen molar-refractivity contribution in [1.82, 2.24) is 9.62 Å². The van der Waals surface area contributed by atoms with Crippen LogP contribution in [-0.4, -0.2) is 38.8 Å². The molecule has 2 aromatic rings. The van der Waals surface area contributed by atoms with Crippen LogP contribution in [0.1, 0.15) is 5.56 Å². The molecule has 0 unspecified atom stereocenters. The van der Waals surface area contributed by atoms with Crippen LogP contribution in [0, 0.1) is 11.6 Å². The number of halogens is 2. The average molecular weight is 368 g/mol. The zero-order chi connectivity index (χ0) is 18.4. The predicted molar refractivity (Wildman–Crippen MR) is 89.3 cm³/mol. The fourth-order valence-corrected chi connectivity index (χ4v) is 3.37. The first-order valence-electron chi connectivity index (χ1n) is 7.52. The summed E-state index contributed by atoms with van der Waals surface area (Å²) in [6.07, 6.45) is 0.232. The number of benzene rings is 2. The van der Waals surface area contributed by atoms with E-state index in [1.807, 2.05) is 0 Å². The first-order valence-corrected chi connectivity index (χ1v) is 8.96. The monoisotopic (exact) mass is 368 g/mol. The van der Waals surface area contributed by atoms with Gasteiger partial charge in [-0.05, 0) is 36.2 Å². The second-order valence-corrected chi connectivity index (χ2v) is 7.50. The van der Waals surface area contributed by atoms with E-state index in [4.69, 9.17) is 0 Å². The second-order valence-electron chi connectivity index (χ2n) is 5.45. The van der Waals surface area contributed by atoms with Crippen LogP contribution in [0.3, 0.4) is 0 Å². The maximum atomic E-state index is 13.1. The van der Waals surface area contributed by atoms with Gasteiger partial charge in [0.25, 0.3) is 0 Å². The summed E-state index contributed by atoms with van der Waals surface area (Å²) >= 11 is 0. The maximum Gasteiger partial charge on any atom is 0.243 e. The smallest absolute Gasteiger partial charge is 0.243 e. The molecular weight excluding hydrogens is 350 g/mol. The molecule has 0 fully saturated rings. The van der Waals surface area contributed by atoms with E-state index in [2.05, 4.69) is 5.32 Å². The number of carbonyl (C=O) groups excluding carboxylic acids is 1. The molecule has 0 radical (unpaired) electrons. The van der Waals surface area contributed by atoms with Crippen LogP contribution in [0.2, 0.25) is 0 Å². The molecule has 0 saturated carbocycles. The van der Waals surface area contributed by atoms with Gasteiger partial charge < -0.3 is 5.32 Å². The maximum absolute atomic E-state index is 13.1. The van der Waals surface area contributed by atoms with Gasteiger partial charge in [-0.25, -0.2) is 17.2 Å². The van der Waals surface area contributed by atoms with Gasteiger partial charge in [-0.15, -0.1) is 0 Å². The molecule has 0 heterocycles. The lowest BCUT2D eigenvalue weighted by Gasteiger charge is -2.16. The molecule has 0 aliphatic heterocycles. The number of sulfonamides is 1. The van der Waals surface area contributed by atoms with Gasteiger partial charge in [0, 0.05) is 19.7 Å². The number of hydrogen-bond acceptors (Lipinski definition) is 3. The highest BCUT2D eigenvalue weighted by Gasteiger charge is 2.22. The summed E-state index contributed by atoms with van der Waals surface area (Å²) in [6, 6.07) is 10.9. The van der Waals surface area contributed by atoms with Gasteiger partial charge in [-0.2, -0.15) is 4.31 Å². The standard InChI is InChI=1S/C17H18F2N2O3S/c1-21(25(23,24)16-5-3-2-4-6-16)12-17(22)20-8-7-13-9-14(18)11-15(19)10-13/h2-6,9-11H,7-8,12H2,1H3,(H,20,22). The van der Waals surface area contributed by atoms with Crippen LogP contribution in [-0.2, 0) is 21.2 Å². The van der Waals surface area contributed by atoms with E-state index in [1.165, 1.54) is 31.3 Å². The SMILES string of the molecule is CN(CC(=O)NCCc1cc(F)cc(F)c1)S(=O)(=O)c1ccccc1. The van der Waals surface area contributed by atoms with Crippen LogP contribution in [0.15, 0.2) is 53.4 Å². The summed E-state index contributed by atoms with van der Waals surface area (Å²) < 4.78 is 51.7. The van der Waals surface area contributed by atoms with Crippen molar-refractivity contribution < 1.29 is 22.0 Å². The summed E-state index contributed by atoms with van der Waals surface area (Å²) in [5.41, 5.74) is 0.406. The molecule has 0 bridgehead atoms. The van der Waals surface area contributed by atoms with Crippen molar-refractivity contribution in [3.63, 3.8) is 0 Å². The molecule has 8 heteroatoms. The largest absolute Gasteiger partial charge is 0.355 e. The lowest BCUT2D eigenvalue weighted by molar-refractivity contribution is -0.121.